The molecular formula is C15H16N4O3. The molecule has 22 heavy (non-hydrogen) atoms. The normalized spacial score (nSPS) is 10.6. The Kier molecular flexibility index (Phi) is 7.56. The van der Waals surface area contributed by atoms with Gasteiger partial charge in [-0.25, -0.2) is 4.79 Å². The number of rotatable bonds is 7. The second-order valence-electron chi connectivity index (χ2n) is 4.28. The van der Waals surface area contributed by atoms with Crippen molar-refractivity contribution in [1.29, 1.82) is 10.5 Å². The maximum Gasteiger partial charge on any atom is 0.408 e. The van der Waals surface area contributed by atoms with Crippen LogP contribution >= 0.6 is 0 Å². The molecule has 0 saturated heterocycles. The van der Waals surface area contributed by atoms with Crippen molar-refractivity contribution in [3.8, 4) is 12.1 Å². The van der Waals surface area contributed by atoms with Gasteiger partial charge in [-0.05, 0) is 5.56 Å². The number of hydrogen-bond donors (Lipinski definition) is 2. The Balaban J connectivity index is 2.67. The number of nitrogens with zero attached hydrogens (tertiary/aromatic N) is 2. The van der Waals surface area contributed by atoms with Gasteiger partial charge in [0, 0.05) is 13.1 Å². The number of hydrogen-bond acceptors (Lipinski definition) is 5. The van der Waals surface area contributed by atoms with Crippen molar-refractivity contribution in [2.45, 2.75) is 12.3 Å². The third-order valence-corrected chi connectivity index (χ3v) is 2.77. The van der Waals surface area contributed by atoms with E-state index in [1.54, 1.807) is 30.3 Å². The van der Waals surface area contributed by atoms with E-state index in [2.05, 4.69) is 15.4 Å². The molecule has 0 aliphatic carbocycles. The molecule has 0 heterocycles. The molecule has 2 N–H and O–H groups in total. The summed E-state index contributed by atoms with van der Waals surface area (Å²) < 4.78 is 4.57. The van der Waals surface area contributed by atoms with E-state index in [1.165, 1.54) is 0 Å². The third-order valence-electron chi connectivity index (χ3n) is 2.77. The molecule has 0 fully saturated rings. The molecule has 1 unspecified atom stereocenters. The third kappa shape index (κ3) is 5.93. The van der Waals surface area contributed by atoms with Crippen LogP contribution in [0.3, 0.4) is 0 Å². The Bertz CT molecular complexity index is 575. The zero-order valence-corrected chi connectivity index (χ0v) is 11.9. The van der Waals surface area contributed by atoms with Crippen LogP contribution in [0.2, 0.25) is 0 Å². The molecule has 0 bridgehead atoms. The molecular weight excluding hydrogens is 284 g/mol. The van der Waals surface area contributed by atoms with Gasteiger partial charge in [0.05, 0.1) is 18.4 Å². The Morgan fingerprint density at radius 2 is 1.86 bits per heavy atom. The highest BCUT2D eigenvalue weighted by Gasteiger charge is 2.21. The Morgan fingerprint density at radius 1 is 1.14 bits per heavy atom. The minimum atomic E-state index is -0.757. The van der Waals surface area contributed by atoms with Crippen LogP contribution in [0.1, 0.15) is 17.9 Å². The summed E-state index contributed by atoms with van der Waals surface area (Å²) in [7, 11) is 0. The number of nitrogens with one attached hydrogen (secondary N) is 2. The van der Waals surface area contributed by atoms with Crippen LogP contribution in [0, 0.1) is 22.7 Å². The highest BCUT2D eigenvalue weighted by atomic mass is 16.5. The van der Waals surface area contributed by atoms with Gasteiger partial charge in [-0.15, -0.1) is 0 Å². The molecule has 0 aliphatic rings. The van der Waals surface area contributed by atoms with Gasteiger partial charge in [0.1, 0.15) is 6.07 Å². The minimum Gasteiger partial charge on any atom is -0.434 e. The van der Waals surface area contributed by atoms with Gasteiger partial charge in [-0.3, -0.25) is 4.79 Å². The molecule has 1 aromatic rings. The van der Waals surface area contributed by atoms with Crippen molar-refractivity contribution in [2.24, 2.45) is 0 Å². The summed E-state index contributed by atoms with van der Waals surface area (Å²) in [6.07, 6.45) is -0.544. The van der Waals surface area contributed by atoms with Crippen molar-refractivity contribution in [1.82, 2.24) is 10.6 Å². The highest BCUT2D eigenvalue weighted by Crippen LogP contribution is 2.15. The number of carbonyl (C=O) groups excluding carboxylic acids is 2. The van der Waals surface area contributed by atoms with Crippen LogP contribution in [0.5, 0.6) is 0 Å². The Hall–Kier alpha value is -3.06. The molecule has 0 saturated carbocycles. The van der Waals surface area contributed by atoms with Crippen LogP contribution < -0.4 is 10.6 Å². The van der Waals surface area contributed by atoms with E-state index in [1.807, 2.05) is 12.1 Å². The lowest BCUT2D eigenvalue weighted by Gasteiger charge is -2.17. The quantitative estimate of drug-likeness (QED) is 0.730. The largest absolute Gasteiger partial charge is 0.434 e. The first kappa shape index (κ1) is 17.0. The standard InChI is InChI=1S/C15H16N4O3/c16-7-4-9-18-14(20)13(12-5-2-1-3-6-12)11-19-15(21)22-10-8-17/h1-3,5-6,13H,4,9-11H2,(H,18,20)(H,19,21). The average molecular weight is 300 g/mol. The molecule has 0 spiro atoms. The lowest BCUT2D eigenvalue weighted by molar-refractivity contribution is -0.122. The van der Waals surface area contributed by atoms with E-state index in [-0.39, 0.29) is 32.0 Å². The summed E-state index contributed by atoms with van der Waals surface area (Å²) in [6, 6.07) is 12.6. The van der Waals surface area contributed by atoms with E-state index in [9.17, 15) is 9.59 Å². The molecule has 1 atom stereocenters. The Labute approximate surface area is 128 Å². The van der Waals surface area contributed by atoms with Crippen molar-refractivity contribution < 1.29 is 14.3 Å². The van der Waals surface area contributed by atoms with Crippen LogP contribution in [-0.4, -0.2) is 31.7 Å². The van der Waals surface area contributed by atoms with Gasteiger partial charge < -0.3 is 15.4 Å². The topological polar surface area (TPSA) is 115 Å². The molecule has 0 aliphatic heterocycles. The van der Waals surface area contributed by atoms with Crippen LogP contribution in [-0.2, 0) is 9.53 Å². The summed E-state index contributed by atoms with van der Waals surface area (Å²) in [5.74, 6) is -0.892. The van der Waals surface area contributed by atoms with E-state index in [0.717, 1.165) is 5.56 Å². The summed E-state index contributed by atoms with van der Waals surface area (Å²) in [5.41, 5.74) is 0.734. The fraction of sp³-hybridized carbons (Fsp3) is 0.333. The predicted molar refractivity (Wildman–Crippen MR) is 77.4 cm³/mol. The Morgan fingerprint density at radius 3 is 2.50 bits per heavy atom. The monoisotopic (exact) mass is 300 g/mol. The number of alkyl carbamates (subject to hydrolysis) is 1. The zero-order chi connectivity index (χ0) is 16.2. The van der Waals surface area contributed by atoms with Gasteiger partial charge in [0.2, 0.25) is 5.91 Å². The van der Waals surface area contributed by atoms with Crippen molar-refractivity contribution >= 4 is 12.0 Å². The van der Waals surface area contributed by atoms with E-state index >= 15 is 0 Å². The second kappa shape index (κ2) is 9.78. The number of benzene rings is 1. The summed E-state index contributed by atoms with van der Waals surface area (Å²) in [5, 5.41) is 21.9. The fourth-order valence-corrected chi connectivity index (χ4v) is 1.75. The first-order valence-corrected chi connectivity index (χ1v) is 6.66. The lowest BCUT2D eigenvalue weighted by Crippen LogP contribution is -2.38. The number of amides is 2. The van der Waals surface area contributed by atoms with Crippen molar-refractivity contribution in [3.63, 3.8) is 0 Å². The van der Waals surface area contributed by atoms with Crippen LogP contribution in [0.25, 0.3) is 0 Å². The molecule has 114 valence electrons. The smallest absolute Gasteiger partial charge is 0.408 e. The lowest BCUT2D eigenvalue weighted by atomic mass is 9.98. The van der Waals surface area contributed by atoms with Gasteiger partial charge in [-0.1, -0.05) is 30.3 Å². The van der Waals surface area contributed by atoms with Gasteiger partial charge >= 0.3 is 6.09 Å². The van der Waals surface area contributed by atoms with Crippen LogP contribution in [0.15, 0.2) is 30.3 Å². The van der Waals surface area contributed by atoms with E-state index in [0.29, 0.717) is 0 Å². The van der Waals surface area contributed by atoms with E-state index in [4.69, 9.17) is 10.5 Å². The number of carbonyl (C=O) groups is 2. The van der Waals surface area contributed by atoms with Crippen LogP contribution in [0.4, 0.5) is 4.79 Å². The summed E-state index contributed by atoms with van der Waals surface area (Å²) in [4.78, 5) is 23.5. The SMILES string of the molecule is N#CCCNC(=O)C(CNC(=O)OCC#N)c1ccccc1. The average Bonchev–Trinajstić information content (AvgIpc) is 2.54. The van der Waals surface area contributed by atoms with Crippen molar-refractivity contribution in [2.75, 3.05) is 19.7 Å². The number of nitriles is 2. The first-order valence-electron chi connectivity index (χ1n) is 6.66. The fourth-order valence-electron chi connectivity index (χ4n) is 1.75. The molecule has 7 heteroatoms. The second-order valence-corrected chi connectivity index (χ2v) is 4.28. The maximum atomic E-state index is 12.2. The highest BCUT2D eigenvalue weighted by molar-refractivity contribution is 5.84. The maximum absolute atomic E-state index is 12.2. The first-order chi connectivity index (χ1) is 10.7. The minimum absolute atomic E-state index is 0.0344. The summed E-state index contributed by atoms with van der Waals surface area (Å²) in [6.45, 7) is -0.0690. The molecule has 2 amide bonds. The van der Waals surface area contributed by atoms with Crippen molar-refractivity contribution in [3.05, 3.63) is 35.9 Å². The van der Waals surface area contributed by atoms with Gasteiger partial charge in [0.25, 0.3) is 0 Å². The van der Waals surface area contributed by atoms with E-state index < -0.39 is 12.0 Å². The molecule has 0 radical (unpaired) electrons. The number of ether oxygens (including phenoxy) is 1. The predicted octanol–water partition coefficient (Wildman–Crippen LogP) is 1.05. The molecule has 1 rings (SSSR count). The molecule has 7 nitrogen and oxygen atoms in total. The zero-order valence-electron chi connectivity index (χ0n) is 11.9. The molecule has 1 aromatic carbocycles. The van der Waals surface area contributed by atoms with Gasteiger partial charge in [0.15, 0.2) is 6.61 Å². The summed E-state index contributed by atoms with van der Waals surface area (Å²) >= 11 is 0. The molecule has 0 aromatic heterocycles. The van der Waals surface area contributed by atoms with Gasteiger partial charge in [-0.2, -0.15) is 10.5 Å².